The maximum atomic E-state index is 13.5. The summed E-state index contributed by atoms with van der Waals surface area (Å²) in [5, 5.41) is 2.82. The molecule has 11 heteroatoms. The number of pyridine rings is 1. The van der Waals surface area contributed by atoms with Gasteiger partial charge < -0.3 is 16.0 Å². The van der Waals surface area contributed by atoms with Crippen molar-refractivity contribution in [2.75, 3.05) is 18.0 Å². The van der Waals surface area contributed by atoms with Crippen molar-refractivity contribution in [3.8, 4) is 11.8 Å². The van der Waals surface area contributed by atoms with Crippen molar-refractivity contribution in [1.82, 2.24) is 29.0 Å². The monoisotopic (exact) mass is 478 g/mol. The van der Waals surface area contributed by atoms with Gasteiger partial charge in [0.15, 0.2) is 11.2 Å². The Balaban J connectivity index is 1.75. The summed E-state index contributed by atoms with van der Waals surface area (Å²) in [7, 11) is 1.55. The summed E-state index contributed by atoms with van der Waals surface area (Å²) in [6.45, 7) is 4.68. The zero-order chi connectivity index (χ0) is 25.1. The van der Waals surface area contributed by atoms with E-state index in [4.69, 9.17) is 5.73 Å². The number of amides is 1. The number of aryl methyl sites for hydroxylation is 1. The van der Waals surface area contributed by atoms with Crippen molar-refractivity contribution in [2.45, 2.75) is 51.9 Å². The maximum absolute atomic E-state index is 13.5. The summed E-state index contributed by atoms with van der Waals surface area (Å²) in [4.78, 5) is 50.2. The molecule has 0 aliphatic carbocycles. The molecule has 1 saturated heterocycles. The molecule has 3 aromatic rings. The lowest BCUT2D eigenvalue weighted by Gasteiger charge is -2.31. The number of nitrogens with one attached hydrogen (secondary N) is 1. The predicted octanol–water partition coefficient (Wildman–Crippen LogP) is 0.120. The number of rotatable bonds is 6. The molecular formula is C24H30N8O3. The van der Waals surface area contributed by atoms with Crippen molar-refractivity contribution in [1.29, 1.82) is 0 Å². The number of nitrogens with two attached hydrogens (primary N) is 1. The van der Waals surface area contributed by atoms with Gasteiger partial charge in [-0.05, 0) is 38.3 Å². The molecule has 3 aromatic heterocycles. The molecule has 35 heavy (non-hydrogen) atoms. The molecule has 0 radical (unpaired) electrons. The van der Waals surface area contributed by atoms with Gasteiger partial charge in [-0.2, -0.15) is 4.98 Å². The Kier molecular flexibility index (Phi) is 7.02. The predicted molar refractivity (Wildman–Crippen MR) is 133 cm³/mol. The SMILES string of the molecule is CC#CCn1c(N2CCCC(N)C2)nc2c1c(=O)n(CC(=O)NC(C)c1cccnc1)c(=O)n2C. The summed E-state index contributed by atoms with van der Waals surface area (Å²) in [6.07, 6.45) is 5.13. The highest BCUT2D eigenvalue weighted by molar-refractivity contribution is 5.78. The lowest BCUT2D eigenvalue weighted by Crippen LogP contribution is -2.44. The van der Waals surface area contributed by atoms with Gasteiger partial charge >= 0.3 is 5.69 Å². The van der Waals surface area contributed by atoms with E-state index in [0.717, 1.165) is 29.5 Å². The number of fused-ring (bicyclic) bond motifs is 1. The molecule has 3 N–H and O–H groups in total. The number of nitrogens with zero attached hydrogens (tertiary/aromatic N) is 6. The van der Waals surface area contributed by atoms with Crippen LogP contribution in [0.15, 0.2) is 34.1 Å². The lowest BCUT2D eigenvalue weighted by molar-refractivity contribution is -0.122. The minimum absolute atomic E-state index is 0.000231. The number of aromatic nitrogens is 5. The van der Waals surface area contributed by atoms with Gasteiger partial charge in [-0.3, -0.25) is 23.7 Å². The standard InChI is InChI=1S/C24H30N8O3/c1-4-5-12-31-20-21(28-23(31)30-11-7-9-18(25)14-30)29(3)24(35)32(22(20)34)15-19(33)27-16(2)17-8-6-10-26-13-17/h6,8,10,13,16,18H,7,9,11-12,14-15,25H2,1-3H3,(H,27,33). The van der Waals surface area contributed by atoms with Crippen molar-refractivity contribution in [2.24, 2.45) is 12.8 Å². The Bertz CT molecular complexity index is 1410. The number of carbonyl (C=O) groups is 1. The molecule has 1 aliphatic heterocycles. The zero-order valence-electron chi connectivity index (χ0n) is 20.2. The number of hydrogen-bond acceptors (Lipinski definition) is 7. The van der Waals surface area contributed by atoms with Crippen LogP contribution < -0.4 is 27.2 Å². The third-order valence-corrected chi connectivity index (χ3v) is 6.23. The molecule has 1 amide bonds. The van der Waals surface area contributed by atoms with Gasteiger partial charge in [-0.15, -0.1) is 5.92 Å². The summed E-state index contributed by atoms with van der Waals surface area (Å²) < 4.78 is 3.97. The number of piperidine rings is 1. The van der Waals surface area contributed by atoms with Crippen LogP contribution >= 0.6 is 0 Å². The van der Waals surface area contributed by atoms with E-state index in [0.29, 0.717) is 12.5 Å². The van der Waals surface area contributed by atoms with Gasteiger partial charge in [0.25, 0.3) is 5.56 Å². The molecule has 0 bridgehead atoms. The molecule has 4 rings (SSSR count). The Hall–Kier alpha value is -3.91. The first-order valence-corrected chi connectivity index (χ1v) is 11.6. The molecule has 0 spiro atoms. The first-order valence-electron chi connectivity index (χ1n) is 11.6. The molecule has 184 valence electrons. The topological polar surface area (TPSA) is 133 Å². The van der Waals surface area contributed by atoms with Gasteiger partial charge in [-0.1, -0.05) is 12.0 Å². The molecule has 0 saturated carbocycles. The van der Waals surface area contributed by atoms with Crippen LogP contribution in [0, 0.1) is 11.8 Å². The van der Waals surface area contributed by atoms with Gasteiger partial charge in [0.05, 0.1) is 12.6 Å². The average Bonchev–Trinajstić information content (AvgIpc) is 3.24. The second-order valence-corrected chi connectivity index (χ2v) is 8.75. The molecule has 11 nitrogen and oxygen atoms in total. The number of hydrogen-bond donors (Lipinski definition) is 2. The first-order chi connectivity index (χ1) is 16.8. The van der Waals surface area contributed by atoms with E-state index in [-0.39, 0.29) is 29.8 Å². The maximum Gasteiger partial charge on any atom is 0.332 e. The zero-order valence-corrected chi connectivity index (χ0v) is 20.2. The average molecular weight is 479 g/mol. The molecule has 2 unspecified atom stereocenters. The molecule has 4 heterocycles. The Morgan fingerprint density at radius 2 is 2.14 bits per heavy atom. The van der Waals surface area contributed by atoms with Crippen LogP contribution in [0.4, 0.5) is 5.95 Å². The summed E-state index contributed by atoms with van der Waals surface area (Å²) in [6, 6.07) is 3.29. The van der Waals surface area contributed by atoms with Crippen LogP contribution in [0.1, 0.15) is 38.3 Å². The molecule has 1 aliphatic rings. The fourth-order valence-electron chi connectivity index (χ4n) is 4.39. The minimum atomic E-state index is -0.611. The fraction of sp³-hybridized carbons (Fsp3) is 0.458. The van der Waals surface area contributed by atoms with Gasteiger partial charge in [0.1, 0.15) is 6.54 Å². The Morgan fingerprint density at radius 3 is 2.83 bits per heavy atom. The third-order valence-electron chi connectivity index (χ3n) is 6.23. The van der Waals surface area contributed by atoms with Crippen LogP contribution in [0.5, 0.6) is 0 Å². The van der Waals surface area contributed by atoms with E-state index in [9.17, 15) is 14.4 Å². The molecule has 0 aromatic carbocycles. The molecule has 2 atom stereocenters. The number of imidazole rings is 1. The van der Waals surface area contributed by atoms with Crippen molar-refractivity contribution < 1.29 is 4.79 Å². The van der Waals surface area contributed by atoms with Crippen LogP contribution in [0.2, 0.25) is 0 Å². The quantitative estimate of drug-likeness (QED) is 0.481. The highest BCUT2D eigenvalue weighted by Crippen LogP contribution is 2.22. The summed E-state index contributed by atoms with van der Waals surface area (Å²) in [5.74, 6) is 5.94. The van der Waals surface area contributed by atoms with Crippen LogP contribution in [0.25, 0.3) is 11.2 Å². The lowest BCUT2D eigenvalue weighted by atomic mass is 10.1. The highest BCUT2D eigenvalue weighted by atomic mass is 16.2. The Morgan fingerprint density at radius 1 is 1.34 bits per heavy atom. The number of carbonyl (C=O) groups excluding carboxylic acids is 1. The van der Waals surface area contributed by atoms with Crippen LogP contribution in [0.3, 0.4) is 0 Å². The summed E-state index contributed by atoms with van der Waals surface area (Å²) >= 11 is 0. The van der Waals surface area contributed by atoms with Crippen LogP contribution in [-0.4, -0.2) is 48.7 Å². The smallest absolute Gasteiger partial charge is 0.332 e. The van der Waals surface area contributed by atoms with E-state index in [1.807, 2.05) is 17.9 Å². The number of anilines is 1. The van der Waals surface area contributed by atoms with Crippen molar-refractivity contribution in [3.05, 3.63) is 50.9 Å². The largest absolute Gasteiger partial charge is 0.348 e. The van der Waals surface area contributed by atoms with Crippen molar-refractivity contribution in [3.63, 3.8) is 0 Å². The van der Waals surface area contributed by atoms with Gasteiger partial charge in [0.2, 0.25) is 11.9 Å². The summed E-state index contributed by atoms with van der Waals surface area (Å²) in [5.41, 5.74) is 6.29. The van der Waals surface area contributed by atoms with E-state index >= 15 is 0 Å². The molecule has 1 fully saturated rings. The molecular weight excluding hydrogens is 448 g/mol. The second-order valence-electron chi connectivity index (χ2n) is 8.75. The normalized spacial score (nSPS) is 16.6. The minimum Gasteiger partial charge on any atom is -0.348 e. The van der Waals surface area contributed by atoms with Gasteiger partial charge in [-0.25, -0.2) is 9.36 Å². The first kappa shape index (κ1) is 24.2. The van der Waals surface area contributed by atoms with E-state index in [1.54, 1.807) is 37.0 Å². The van der Waals surface area contributed by atoms with Crippen LogP contribution in [-0.2, 0) is 24.9 Å². The van der Waals surface area contributed by atoms with Crippen molar-refractivity contribution >= 4 is 23.0 Å². The third kappa shape index (κ3) is 4.83. The Labute approximate surface area is 202 Å². The van der Waals surface area contributed by atoms with E-state index in [2.05, 4.69) is 27.1 Å². The van der Waals surface area contributed by atoms with E-state index < -0.39 is 23.7 Å². The fourth-order valence-corrected chi connectivity index (χ4v) is 4.39. The van der Waals surface area contributed by atoms with Gasteiger partial charge in [0, 0.05) is 38.6 Å². The highest BCUT2D eigenvalue weighted by Gasteiger charge is 2.26. The van der Waals surface area contributed by atoms with E-state index in [1.165, 1.54) is 4.57 Å². The second kappa shape index (κ2) is 10.1.